The number of amides is 1. The Bertz CT molecular complexity index is 369. The Balaban J connectivity index is 2.63. The van der Waals surface area contributed by atoms with Crippen molar-refractivity contribution in [1.29, 1.82) is 0 Å². The van der Waals surface area contributed by atoms with Gasteiger partial charge in [0.15, 0.2) is 0 Å². The first kappa shape index (κ1) is 13.0. The van der Waals surface area contributed by atoms with Gasteiger partial charge in [0.25, 0.3) is 5.91 Å². The van der Waals surface area contributed by atoms with E-state index in [1.807, 2.05) is 13.8 Å². The van der Waals surface area contributed by atoms with E-state index in [0.717, 1.165) is 6.42 Å². The van der Waals surface area contributed by atoms with Crippen molar-refractivity contribution in [2.24, 2.45) is 0 Å². The molecule has 0 aliphatic rings. The van der Waals surface area contributed by atoms with Crippen molar-refractivity contribution in [3.8, 4) is 5.75 Å². The molecule has 1 rings (SSSR count). The van der Waals surface area contributed by atoms with Crippen LogP contribution in [0, 0.1) is 0 Å². The van der Waals surface area contributed by atoms with Gasteiger partial charge in [0.1, 0.15) is 5.75 Å². The van der Waals surface area contributed by atoms with E-state index < -0.39 is 0 Å². The Morgan fingerprint density at radius 1 is 1.62 bits per heavy atom. The van der Waals surface area contributed by atoms with Crippen LogP contribution >= 0.6 is 15.9 Å². The van der Waals surface area contributed by atoms with Gasteiger partial charge in [-0.2, -0.15) is 0 Å². The maximum absolute atomic E-state index is 11.7. The van der Waals surface area contributed by atoms with Crippen LogP contribution in [0.4, 0.5) is 0 Å². The third kappa shape index (κ3) is 3.81. The van der Waals surface area contributed by atoms with E-state index in [0.29, 0.717) is 4.83 Å². The summed E-state index contributed by atoms with van der Waals surface area (Å²) in [6.45, 7) is 3.94. The van der Waals surface area contributed by atoms with Gasteiger partial charge in [-0.15, -0.1) is 0 Å². The Kier molecular flexibility index (Phi) is 4.73. The molecule has 2 N–H and O–H groups in total. The lowest BCUT2D eigenvalue weighted by Crippen LogP contribution is -2.33. The van der Waals surface area contributed by atoms with Crippen LogP contribution in [0.25, 0.3) is 0 Å². The minimum absolute atomic E-state index is 0.0504. The summed E-state index contributed by atoms with van der Waals surface area (Å²) < 4.78 is 0. The fourth-order valence-corrected chi connectivity index (χ4v) is 1.99. The summed E-state index contributed by atoms with van der Waals surface area (Å²) in [6.07, 6.45) is 3.57. The molecule has 0 radical (unpaired) electrons. The first-order valence-corrected chi connectivity index (χ1v) is 6.00. The summed E-state index contributed by atoms with van der Waals surface area (Å²) in [7, 11) is 0. The molecular weight excluding hydrogens is 272 g/mol. The Morgan fingerprint density at radius 2 is 2.31 bits per heavy atom. The molecule has 16 heavy (non-hydrogen) atoms. The molecule has 4 nitrogen and oxygen atoms in total. The van der Waals surface area contributed by atoms with Gasteiger partial charge in [-0.3, -0.25) is 9.78 Å². The van der Waals surface area contributed by atoms with E-state index in [-0.39, 0.29) is 23.3 Å². The summed E-state index contributed by atoms with van der Waals surface area (Å²) in [6, 6.07) is 1.55. The minimum atomic E-state index is -0.277. The number of hydrogen-bond donors (Lipinski definition) is 2. The van der Waals surface area contributed by atoms with Crippen molar-refractivity contribution >= 4 is 21.8 Å². The quantitative estimate of drug-likeness (QED) is 0.833. The van der Waals surface area contributed by atoms with Crippen molar-refractivity contribution in [2.45, 2.75) is 31.1 Å². The van der Waals surface area contributed by atoms with E-state index in [2.05, 4.69) is 26.2 Å². The summed E-state index contributed by atoms with van der Waals surface area (Å²) in [5, 5.41) is 12.3. The molecule has 2 atom stereocenters. The average molecular weight is 287 g/mol. The highest BCUT2D eigenvalue weighted by Gasteiger charge is 2.14. The van der Waals surface area contributed by atoms with Crippen LogP contribution in [0.1, 0.15) is 30.6 Å². The van der Waals surface area contributed by atoms with Crippen molar-refractivity contribution in [2.75, 3.05) is 0 Å². The highest BCUT2D eigenvalue weighted by atomic mass is 79.9. The van der Waals surface area contributed by atoms with E-state index in [1.54, 1.807) is 0 Å². The fourth-order valence-electron chi connectivity index (χ4n) is 1.43. The highest BCUT2D eigenvalue weighted by molar-refractivity contribution is 9.09. The zero-order valence-electron chi connectivity index (χ0n) is 9.27. The number of pyridine rings is 1. The molecule has 0 bridgehead atoms. The molecular formula is C11H15BrN2O2. The molecule has 0 aliphatic heterocycles. The van der Waals surface area contributed by atoms with E-state index in [9.17, 15) is 9.90 Å². The third-order valence-corrected chi connectivity index (χ3v) is 2.47. The normalized spacial score (nSPS) is 14.2. The number of alkyl halides is 1. The zero-order valence-corrected chi connectivity index (χ0v) is 10.9. The van der Waals surface area contributed by atoms with Crippen molar-refractivity contribution in [3.05, 3.63) is 24.0 Å². The predicted molar refractivity (Wildman–Crippen MR) is 65.8 cm³/mol. The number of hydrogen-bond acceptors (Lipinski definition) is 3. The number of carbonyl (C=O) groups is 1. The molecule has 0 fully saturated rings. The number of nitrogens with one attached hydrogen (secondary N) is 1. The summed E-state index contributed by atoms with van der Waals surface area (Å²) in [4.78, 5) is 15.8. The molecule has 88 valence electrons. The van der Waals surface area contributed by atoms with E-state index >= 15 is 0 Å². The number of aromatic nitrogens is 1. The Labute approximate surface area is 103 Å². The van der Waals surface area contributed by atoms with Crippen LogP contribution < -0.4 is 5.32 Å². The maximum Gasteiger partial charge on any atom is 0.255 e. The third-order valence-electron chi connectivity index (χ3n) is 2.10. The molecule has 1 aromatic heterocycles. The molecule has 0 aromatic carbocycles. The second-order valence-corrected chi connectivity index (χ2v) is 5.35. The molecule has 0 aliphatic carbocycles. The number of rotatable bonds is 4. The maximum atomic E-state index is 11.7. The van der Waals surface area contributed by atoms with Crippen molar-refractivity contribution in [1.82, 2.24) is 10.3 Å². The molecule has 0 saturated heterocycles. The van der Waals surface area contributed by atoms with E-state index in [4.69, 9.17) is 0 Å². The second kappa shape index (κ2) is 5.84. The topological polar surface area (TPSA) is 62.2 Å². The van der Waals surface area contributed by atoms with Crippen LogP contribution in [-0.4, -0.2) is 26.9 Å². The lowest BCUT2D eigenvalue weighted by Gasteiger charge is -2.15. The van der Waals surface area contributed by atoms with Gasteiger partial charge < -0.3 is 10.4 Å². The SMILES string of the molecule is CC(Br)CC(C)NC(=O)c1ccncc1O. The molecule has 5 heteroatoms. The number of aromatic hydroxyl groups is 1. The summed E-state index contributed by atoms with van der Waals surface area (Å²) in [5.74, 6) is -0.375. The second-order valence-electron chi connectivity index (χ2n) is 3.78. The van der Waals surface area contributed by atoms with Crippen LogP contribution in [0.15, 0.2) is 18.5 Å². The molecule has 1 aromatic rings. The standard InChI is InChI=1S/C11H15BrN2O2/c1-7(12)5-8(2)14-11(16)9-3-4-13-6-10(9)15/h3-4,6-8,15H,5H2,1-2H3,(H,14,16). The van der Waals surface area contributed by atoms with Gasteiger partial charge in [-0.05, 0) is 19.4 Å². The molecule has 1 amide bonds. The number of carbonyl (C=O) groups excluding carboxylic acids is 1. The van der Waals surface area contributed by atoms with Crippen LogP contribution in [-0.2, 0) is 0 Å². The van der Waals surface area contributed by atoms with Gasteiger partial charge in [0.05, 0.1) is 11.8 Å². The first-order valence-electron chi connectivity index (χ1n) is 5.08. The fraction of sp³-hybridized carbons (Fsp3) is 0.455. The number of nitrogens with zero attached hydrogens (tertiary/aromatic N) is 1. The van der Waals surface area contributed by atoms with Crippen LogP contribution in [0.5, 0.6) is 5.75 Å². The minimum Gasteiger partial charge on any atom is -0.505 e. The van der Waals surface area contributed by atoms with Crippen LogP contribution in [0.2, 0.25) is 0 Å². The highest BCUT2D eigenvalue weighted by Crippen LogP contribution is 2.14. The van der Waals surface area contributed by atoms with Crippen molar-refractivity contribution < 1.29 is 9.90 Å². The van der Waals surface area contributed by atoms with Gasteiger partial charge >= 0.3 is 0 Å². The monoisotopic (exact) mass is 286 g/mol. The van der Waals surface area contributed by atoms with Gasteiger partial charge in [-0.25, -0.2) is 0 Å². The number of halogens is 1. The zero-order chi connectivity index (χ0) is 12.1. The van der Waals surface area contributed by atoms with E-state index in [1.165, 1.54) is 18.5 Å². The van der Waals surface area contributed by atoms with Gasteiger partial charge in [0, 0.05) is 17.1 Å². The molecule has 1 heterocycles. The lowest BCUT2D eigenvalue weighted by molar-refractivity contribution is 0.0936. The lowest BCUT2D eigenvalue weighted by atomic mass is 10.1. The summed E-state index contributed by atoms with van der Waals surface area (Å²) >= 11 is 3.42. The molecule has 2 unspecified atom stereocenters. The molecule has 0 saturated carbocycles. The smallest absolute Gasteiger partial charge is 0.255 e. The first-order chi connectivity index (χ1) is 7.50. The van der Waals surface area contributed by atoms with Crippen LogP contribution in [0.3, 0.4) is 0 Å². The largest absolute Gasteiger partial charge is 0.505 e. The van der Waals surface area contributed by atoms with Gasteiger partial charge in [0.2, 0.25) is 0 Å². The van der Waals surface area contributed by atoms with Gasteiger partial charge in [-0.1, -0.05) is 22.9 Å². The molecule has 0 spiro atoms. The van der Waals surface area contributed by atoms with Crippen molar-refractivity contribution in [3.63, 3.8) is 0 Å². The summed E-state index contributed by atoms with van der Waals surface area (Å²) in [5.41, 5.74) is 0.254. The predicted octanol–water partition coefficient (Wildman–Crippen LogP) is 2.08. The average Bonchev–Trinajstić information content (AvgIpc) is 2.16. The Hall–Kier alpha value is -1.10. The Morgan fingerprint density at radius 3 is 2.88 bits per heavy atom.